The molecule has 0 aromatic heterocycles. The fourth-order valence-electron chi connectivity index (χ4n) is 4.53. The summed E-state index contributed by atoms with van der Waals surface area (Å²) in [5, 5.41) is 9.57. The van der Waals surface area contributed by atoms with Crippen LogP contribution in [0.15, 0.2) is 18.2 Å². The number of halogens is 2. The van der Waals surface area contributed by atoms with Gasteiger partial charge in [-0.3, -0.25) is 9.69 Å². The Balaban J connectivity index is 1.39. The van der Waals surface area contributed by atoms with Crippen molar-refractivity contribution in [1.29, 1.82) is 5.26 Å². The lowest BCUT2D eigenvalue weighted by Crippen LogP contribution is -2.47. The van der Waals surface area contributed by atoms with Crippen molar-refractivity contribution in [3.05, 3.63) is 29.0 Å². The largest absolute Gasteiger partial charge is 0.369 e. The molecule has 7 heteroatoms. The minimum atomic E-state index is -0.634. The summed E-state index contributed by atoms with van der Waals surface area (Å²) in [5.41, 5.74) is 6.19. The SMILES string of the molecule is N#CC(C(N)=O)C1CCC(CCN2CCN(c3cc(F)cc(Cl)c3)CC2)CC1. The highest BCUT2D eigenvalue weighted by Crippen LogP contribution is 2.35. The predicted octanol–water partition coefficient (Wildman–Crippen LogP) is 3.42. The van der Waals surface area contributed by atoms with Crippen LogP contribution in [0, 0.1) is 34.9 Å². The van der Waals surface area contributed by atoms with Gasteiger partial charge in [0.05, 0.1) is 6.07 Å². The van der Waals surface area contributed by atoms with E-state index in [1.807, 2.05) is 6.07 Å². The average molecular weight is 407 g/mol. The Bertz CT molecular complexity index is 701. The molecule has 1 aliphatic carbocycles. The number of primary amides is 1. The summed E-state index contributed by atoms with van der Waals surface area (Å²) >= 11 is 5.97. The van der Waals surface area contributed by atoms with Crippen LogP contribution in [0.1, 0.15) is 32.1 Å². The lowest BCUT2D eigenvalue weighted by Gasteiger charge is -2.37. The van der Waals surface area contributed by atoms with Gasteiger partial charge in [-0.1, -0.05) is 24.4 Å². The number of nitrogens with two attached hydrogens (primary N) is 1. The third kappa shape index (κ3) is 5.36. The fourth-order valence-corrected chi connectivity index (χ4v) is 4.74. The molecule has 1 atom stereocenters. The molecular formula is C21H28ClFN4O. The first kappa shape index (κ1) is 20.9. The molecule has 5 nitrogen and oxygen atoms in total. The lowest BCUT2D eigenvalue weighted by atomic mass is 9.75. The molecular weight excluding hydrogens is 379 g/mol. The van der Waals surface area contributed by atoms with Crippen LogP contribution in [0.25, 0.3) is 0 Å². The quantitative estimate of drug-likeness (QED) is 0.785. The van der Waals surface area contributed by atoms with Gasteiger partial charge in [0.25, 0.3) is 0 Å². The highest BCUT2D eigenvalue weighted by molar-refractivity contribution is 6.30. The smallest absolute Gasteiger partial charge is 0.235 e. The molecule has 0 bridgehead atoms. The number of nitrogens with zero attached hydrogens (tertiary/aromatic N) is 3. The van der Waals surface area contributed by atoms with Crippen molar-refractivity contribution in [2.24, 2.45) is 23.5 Å². The van der Waals surface area contributed by atoms with E-state index in [2.05, 4.69) is 15.9 Å². The van der Waals surface area contributed by atoms with Crippen LogP contribution in [0.5, 0.6) is 0 Å². The second-order valence-electron chi connectivity index (χ2n) is 8.03. The number of hydrogen-bond acceptors (Lipinski definition) is 4. The van der Waals surface area contributed by atoms with Crippen LogP contribution in [0.4, 0.5) is 10.1 Å². The van der Waals surface area contributed by atoms with Gasteiger partial charge in [-0.25, -0.2) is 4.39 Å². The van der Waals surface area contributed by atoms with Gasteiger partial charge in [-0.2, -0.15) is 5.26 Å². The van der Waals surface area contributed by atoms with Crippen LogP contribution < -0.4 is 10.6 Å². The standard InChI is InChI=1S/C21H28ClFN4O/c22-17-11-18(23)13-19(12-17)27-9-7-26(8-10-27)6-5-15-1-3-16(4-2-15)20(14-24)21(25)28/h11-13,15-16,20H,1-10H2,(H2,25,28). The number of hydrogen-bond donors (Lipinski definition) is 1. The molecule has 1 unspecified atom stereocenters. The zero-order valence-corrected chi connectivity index (χ0v) is 16.9. The summed E-state index contributed by atoms with van der Waals surface area (Å²) in [7, 11) is 0. The van der Waals surface area contributed by atoms with E-state index in [1.165, 1.54) is 6.07 Å². The summed E-state index contributed by atoms with van der Waals surface area (Å²) in [5.74, 6) is -0.631. The Morgan fingerprint density at radius 2 is 1.89 bits per heavy atom. The Labute approximate surface area is 171 Å². The third-order valence-corrected chi connectivity index (χ3v) is 6.46. The van der Waals surface area contributed by atoms with Gasteiger partial charge in [-0.05, 0) is 55.8 Å². The molecule has 1 heterocycles. The van der Waals surface area contributed by atoms with Crippen LogP contribution in [0.3, 0.4) is 0 Å². The third-order valence-electron chi connectivity index (χ3n) is 6.25. The van der Waals surface area contributed by atoms with Crippen LogP contribution >= 0.6 is 11.6 Å². The number of nitriles is 1. The second-order valence-corrected chi connectivity index (χ2v) is 8.47. The topological polar surface area (TPSA) is 73.4 Å². The van der Waals surface area contributed by atoms with Crippen molar-refractivity contribution in [3.8, 4) is 6.07 Å². The van der Waals surface area contributed by atoms with E-state index in [4.69, 9.17) is 22.6 Å². The molecule has 2 aliphatic rings. The molecule has 0 radical (unpaired) electrons. The van der Waals surface area contributed by atoms with E-state index in [9.17, 15) is 9.18 Å². The highest BCUT2D eigenvalue weighted by atomic mass is 35.5. The van der Waals surface area contributed by atoms with Crippen molar-refractivity contribution >= 4 is 23.2 Å². The first-order chi connectivity index (χ1) is 13.5. The monoisotopic (exact) mass is 406 g/mol. The highest BCUT2D eigenvalue weighted by Gasteiger charge is 2.31. The molecule has 2 fully saturated rings. The molecule has 0 spiro atoms. The number of anilines is 1. The van der Waals surface area contributed by atoms with Gasteiger partial charge < -0.3 is 10.6 Å². The molecule has 3 rings (SSSR count). The molecule has 1 aliphatic heterocycles. The minimum Gasteiger partial charge on any atom is -0.369 e. The second kappa shape index (κ2) is 9.58. The summed E-state index contributed by atoms with van der Waals surface area (Å²) < 4.78 is 13.6. The molecule has 1 aromatic rings. The predicted molar refractivity (Wildman–Crippen MR) is 108 cm³/mol. The average Bonchev–Trinajstić information content (AvgIpc) is 2.67. The van der Waals surface area contributed by atoms with Gasteiger partial charge in [0.15, 0.2) is 0 Å². The fraction of sp³-hybridized carbons (Fsp3) is 0.619. The van der Waals surface area contributed by atoms with Crippen molar-refractivity contribution in [1.82, 2.24) is 4.90 Å². The molecule has 2 N–H and O–H groups in total. The molecule has 1 saturated carbocycles. The summed E-state index contributed by atoms with van der Waals surface area (Å²) in [6.07, 6.45) is 5.11. The summed E-state index contributed by atoms with van der Waals surface area (Å²) in [6.45, 7) is 4.72. The molecule has 1 saturated heterocycles. The number of piperazine rings is 1. The number of carbonyl (C=O) groups is 1. The van der Waals surface area contributed by atoms with Crippen molar-refractivity contribution < 1.29 is 9.18 Å². The van der Waals surface area contributed by atoms with E-state index in [1.54, 1.807) is 6.07 Å². The van der Waals surface area contributed by atoms with E-state index in [-0.39, 0.29) is 11.7 Å². The normalized spacial score (nSPS) is 24.5. The van der Waals surface area contributed by atoms with Gasteiger partial charge in [0.2, 0.25) is 5.91 Å². The molecule has 152 valence electrons. The van der Waals surface area contributed by atoms with Gasteiger partial charge >= 0.3 is 0 Å². The minimum absolute atomic E-state index is 0.125. The maximum absolute atomic E-state index is 13.6. The summed E-state index contributed by atoms with van der Waals surface area (Å²) in [4.78, 5) is 16.0. The zero-order chi connectivity index (χ0) is 20.1. The first-order valence-electron chi connectivity index (χ1n) is 10.1. The van der Waals surface area contributed by atoms with Crippen LogP contribution in [0.2, 0.25) is 5.02 Å². The van der Waals surface area contributed by atoms with Crippen LogP contribution in [-0.2, 0) is 4.79 Å². The van der Waals surface area contributed by atoms with Gasteiger partial charge in [-0.15, -0.1) is 0 Å². The zero-order valence-electron chi connectivity index (χ0n) is 16.1. The van der Waals surface area contributed by atoms with Gasteiger partial charge in [0.1, 0.15) is 11.7 Å². The Morgan fingerprint density at radius 1 is 1.21 bits per heavy atom. The van der Waals surface area contributed by atoms with E-state index in [0.29, 0.717) is 10.9 Å². The number of carbonyl (C=O) groups excluding carboxylic acids is 1. The van der Waals surface area contributed by atoms with Crippen molar-refractivity contribution in [3.63, 3.8) is 0 Å². The Morgan fingerprint density at radius 3 is 2.46 bits per heavy atom. The summed E-state index contributed by atoms with van der Waals surface area (Å²) in [6, 6.07) is 6.77. The maximum atomic E-state index is 13.6. The maximum Gasteiger partial charge on any atom is 0.235 e. The molecule has 1 aromatic carbocycles. The van der Waals surface area contributed by atoms with Crippen molar-refractivity contribution in [2.45, 2.75) is 32.1 Å². The Hall–Kier alpha value is -1.84. The van der Waals surface area contributed by atoms with Gasteiger partial charge in [0, 0.05) is 36.9 Å². The first-order valence-corrected chi connectivity index (χ1v) is 10.5. The molecule has 28 heavy (non-hydrogen) atoms. The Kier molecular flexibility index (Phi) is 7.14. The molecule has 1 amide bonds. The lowest BCUT2D eigenvalue weighted by molar-refractivity contribution is -0.122. The van der Waals surface area contributed by atoms with E-state index in [0.717, 1.165) is 70.5 Å². The number of rotatable bonds is 6. The number of benzene rings is 1. The van der Waals surface area contributed by atoms with Crippen molar-refractivity contribution in [2.75, 3.05) is 37.6 Å². The number of amides is 1. The van der Waals surface area contributed by atoms with E-state index < -0.39 is 11.8 Å². The van der Waals surface area contributed by atoms with E-state index >= 15 is 0 Å². The van der Waals surface area contributed by atoms with Crippen LogP contribution in [-0.4, -0.2) is 43.5 Å².